The summed E-state index contributed by atoms with van der Waals surface area (Å²) in [6.45, 7) is 0.0510. The zero-order valence-corrected chi connectivity index (χ0v) is 20.4. The van der Waals surface area contributed by atoms with Gasteiger partial charge in [-0.25, -0.2) is 18.6 Å². The van der Waals surface area contributed by atoms with Crippen molar-refractivity contribution in [2.75, 3.05) is 11.4 Å². The number of H-pyrrole nitrogens is 1. The highest BCUT2D eigenvalue weighted by atomic mass is 32.1. The first kappa shape index (κ1) is 24.6. The van der Waals surface area contributed by atoms with Crippen LogP contribution < -0.4 is 10.2 Å². The number of rotatable bonds is 5. The topological polar surface area (TPSA) is 90.6 Å². The number of nitrogens with zero attached hydrogens (tertiary/aromatic N) is 3. The average molecular weight is 524 g/mol. The normalized spacial score (nSPS) is 18.6. The highest BCUT2D eigenvalue weighted by molar-refractivity contribution is 7.78. The summed E-state index contributed by atoms with van der Waals surface area (Å²) in [5.41, 5.74) is 2.27. The maximum atomic E-state index is 14.7. The molecule has 0 aliphatic carbocycles. The Labute approximate surface area is 216 Å². The number of carbonyl (C=O) groups excluding carboxylic acids is 2. The van der Waals surface area contributed by atoms with Crippen LogP contribution in [-0.4, -0.2) is 44.4 Å². The van der Waals surface area contributed by atoms with Crippen molar-refractivity contribution in [2.45, 2.75) is 38.0 Å². The molecule has 1 unspecified atom stereocenters. The minimum absolute atomic E-state index is 0.0408. The number of carbonyl (C=O) groups is 2. The summed E-state index contributed by atoms with van der Waals surface area (Å²) in [6, 6.07) is 15.3. The summed E-state index contributed by atoms with van der Waals surface area (Å²) in [6.07, 6.45) is -0.246. The number of thiocarbonyl (C=S) groups is 1. The van der Waals surface area contributed by atoms with Gasteiger partial charge in [-0.05, 0) is 33.9 Å². The molecule has 37 heavy (non-hydrogen) atoms. The van der Waals surface area contributed by atoms with Gasteiger partial charge in [0.2, 0.25) is 0 Å². The lowest BCUT2D eigenvalue weighted by Gasteiger charge is -2.40. The molecular formula is C26H23F2N5O3S. The first-order valence-corrected chi connectivity index (χ1v) is 12.1. The van der Waals surface area contributed by atoms with E-state index in [0.717, 1.165) is 5.56 Å². The van der Waals surface area contributed by atoms with Gasteiger partial charge in [-0.15, -0.1) is 0 Å². The van der Waals surface area contributed by atoms with Gasteiger partial charge in [-0.2, -0.15) is 0 Å². The van der Waals surface area contributed by atoms with Gasteiger partial charge >= 0.3 is 6.09 Å². The first-order valence-electron chi connectivity index (χ1n) is 11.7. The molecule has 2 aromatic carbocycles. The number of anilines is 1. The van der Waals surface area contributed by atoms with E-state index in [2.05, 4.69) is 20.3 Å². The Morgan fingerprint density at radius 3 is 2.73 bits per heavy atom. The molecule has 3 heterocycles. The fraction of sp³-hybridized carbons (Fsp3) is 0.269. The molecule has 1 aromatic heterocycles. The highest BCUT2D eigenvalue weighted by Crippen LogP contribution is 2.42. The Bertz CT molecular complexity index is 1370. The summed E-state index contributed by atoms with van der Waals surface area (Å²) in [5, 5.41) is 5.20. The quantitative estimate of drug-likeness (QED) is 0.471. The fourth-order valence-electron chi connectivity index (χ4n) is 4.64. The van der Waals surface area contributed by atoms with Gasteiger partial charge in [-0.3, -0.25) is 15.0 Å². The molecule has 0 saturated carbocycles. The third-order valence-electron chi connectivity index (χ3n) is 6.47. The van der Waals surface area contributed by atoms with Gasteiger partial charge < -0.3 is 14.6 Å². The van der Waals surface area contributed by atoms with Crippen LogP contribution in [0.5, 0.6) is 0 Å². The lowest BCUT2D eigenvalue weighted by molar-refractivity contribution is -0.0754. The molecule has 2 aliphatic rings. The monoisotopic (exact) mass is 523 g/mol. The maximum absolute atomic E-state index is 14.7. The maximum Gasteiger partial charge on any atom is 0.410 e. The number of ether oxygens (including phenoxy) is 1. The van der Waals surface area contributed by atoms with Crippen molar-refractivity contribution in [3.63, 3.8) is 0 Å². The van der Waals surface area contributed by atoms with Crippen LogP contribution in [0, 0.1) is 0 Å². The molecule has 0 spiro atoms. The molecule has 2 amide bonds. The number of aromatic amines is 1. The molecule has 1 saturated heterocycles. The number of nitrogens with one attached hydrogen (secondary N) is 2. The minimum atomic E-state index is -2.94. The van der Waals surface area contributed by atoms with Crippen molar-refractivity contribution in [1.82, 2.24) is 20.2 Å². The van der Waals surface area contributed by atoms with Crippen molar-refractivity contribution in [2.24, 2.45) is 0 Å². The molecule has 8 nitrogen and oxygen atoms in total. The van der Waals surface area contributed by atoms with Crippen LogP contribution >= 0.6 is 12.2 Å². The van der Waals surface area contributed by atoms with Crippen LogP contribution in [0.15, 0.2) is 66.7 Å². The summed E-state index contributed by atoms with van der Waals surface area (Å²) < 4.78 is 34.8. The fourth-order valence-corrected chi connectivity index (χ4v) is 4.81. The van der Waals surface area contributed by atoms with Crippen LogP contribution in [0.2, 0.25) is 0 Å². The molecule has 2 aliphatic heterocycles. The Morgan fingerprint density at radius 2 is 1.95 bits per heavy atom. The van der Waals surface area contributed by atoms with Crippen LogP contribution in [0.4, 0.5) is 19.4 Å². The van der Waals surface area contributed by atoms with E-state index < -0.39 is 36.8 Å². The van der Waals surface area contributed by atoms with Crippen molar-refractivity contribution in [3.8, 4) is 0 Å². The third-order valence-corrected chi connectivity index (χ3v) is 6.66. The van der Waals surface area contributed by atoms with E-state index in [1.165, 1.54) is 11.2 Å². The molecule has 1 fully saturated rings. The van der Waals surface area contributed by atoms with Crippen molar-refractivity contribution in [1.29, 1.82) is 0 Å². The summed E-state index contributed by atoms with van der Waals surface area (Å²) >= 11 is 4.98. The SMILES string of the molecule is O=C1NC(=C=S)N(Cc2ccccc2C2CC(F)(F)CCN2C(=O)OCc2ccccc2)c2nc[nH]c21. The highest BCUT2D eigenvalue weighted by Gasteiger charge is 2.44. The Hall–Kier alpha value is -4.08. The third kappa shape index (κ3) is 5.09. The number of hydrogen-bond donors (Lipinski definition) is 2. The van der Waals surface area contributed by atoms with Gasteiger partial charge in [0.05, 0.1) is 18.9 Å². The molecule has 2 N–H and O–H groups in total. The zero-order valence-electron chi connectivity index (χ0n) is 19.6. The van der Waals surface area contributed by atoms with Gasteiger partial charge in [0.25, 0.3) is 11.8 Å². The Kier molecular flexibility index (Phi) is 6.73. The van der Waals surface area contributed by atoms with Crippen molar-refractivity contribution >= 4 is 35.1 Å². The summed E-state index contributed by atoms with van der Waals surface area (Å²) in [4.78, 5) is 35.5. The van der Waals surface area contributed by atoms with Gasteiger partial charge in [0.15, 0.2) is 11.6 Å². The molecule has 1 atom stereocenters. The molecular weight excluding hydrogens is 500 g/mol. The van der Waals surface area contributed by atoms with E-state index in [0.29, 0.717) is 16.9 Å². The Morgan fingerprint density at radius 1 is 1.19 bits per heavy atom. The average Bonchev–Trinajstić information content (AvgIpc) is 3.40. The molecule has 11 heteroatoms. The van der Waals surface area contributed by atoms with E-state index in [-0.39, 0.29) is 31.2 Å². The molecule has 0 bridgehead atoms. The number of imidazole rings is 1. The van der Waals surface area contributed by atoms with E-state index in [1.54, 1.807) is 29.2 Å². The number of piperidine rings is 1. The number of fused-ring (bicyclic) bond motifs is 1. The van der Waals surface area contributed by atoms with E-state index in [9.17, 15) is 18.4 Å². The second-order valence-corrected chi connectivity index (χ2v) is 9.05. The lowest BCUT2D eigenvalue weighted by Crippen LogP contribution is -2.46. The second kappa shape index (κ2) is 10.1. The number of aromatic nitrogens is 2. The Balaban J connectivity index is 1.45. The number of likely N-dealkylation sites (tertiary alicyclic amines) is 1. The predicted molar refractivity (Wildman–Crippen MR) is 135 cm³/mol. The van der Waals surface area contributed by atoms with Crippen molar-refractivity contribution < 1.29 is 23.1 Å². The molecule has 5 rings (SSSR count). The van der Waals surface area contributed by atoms with E-state index in [4.69, 9.17) is 17.0 Å². The number of halogens is 2. The predicted octanol–water partition coefficient (Wildman–Crippen LogP) is 4.71. The van der Waals surface area contributed by atoms with Crippen LogP contribution in [0.3, 0.4) is 0 Å². The number of hydrogen-bond acceptors (Lipinski definition) is 6. The van der Waals surface area contributed by atoms with E-state index >= 15 is 0 Å². The lowest BCUT2D eigenvalue weighted by atomic mass is 9.90. The summed E-state index contributed by atoms with van der Waals surface area (Å²) in [7, 11) is 0. The van der Waals surface area contributed by atoms with Crippen LogP contribution in [0.25, 0.3) is 0 Å². The molecule has 3 aromatic rings. The number of benzene rings is 2. The number of alkyl halides is 2. The first-order chi connectivity index (χ1) is 17.9. The summed E-state index contributed by atoms with van der Waals surface area (Å²) in [5.74, 6) is -2.77. The second-order valence-electron chi connectivity index (χ2n) is 8.85. The zero-order chi connectivity index (χ0) is 26.0. The van der Waals surface area contributed by atoms with Gasteiger partial charge in [0, 0.05) is 19.4 Å². The standard InChI is InChI=1S/C26H23F2N5O3S/c27-26(28)10-11-32(25(35)36-14-17-6-2-1-3-7-17)20(12-26)19-9-5-4-8-18(19)13-33-21(15-37)31-24(34)22-23(33)30-16-29-22/h1-9,16,20H,10-14H2,(H,29,30)(H,31,34). The van der Waals surface area contributed by atoms with Crippen molar-refractivity contribution in [3.05, 3.63) is 89.1 Å². The molecule has 190 valence electrons. The number of amides is 2. The smallest absolute Gasteiger partial charge is 0.410 e. The van der Waals surface area contributed by atoms with Crippen LogP contribution in [0.1, 0.15) is 46.1 Å². The van der Waals surface area contributed by atoms with Gasteiger partial charge in [0.1, 0.15) is 12.3 Å². The molecule has 0 radical (unpaired) electrons. The largest absolute Gasteiger partial charge is 0.445 e. The van der Waals surface area contributed by atoms with Crippen LogP contribution in [-0.2, 0) is 17.9 Å². The van der Waals surface area contributed by atoms with Gasteiger partial charge in [-0.1, -0.05) is 54.6 Å². The minimum Gasteiger partial charge on any atom is -0.445 e. The van der Waals surface area contributed by atoms with E-state index in [1.807, 2.05) is 30.3 Å².